The fourth-order valence-corrected chi connectivity index (χ4v) is 3.12. The number of aromatic hydroxyl groups is 1. The van der Waals surface area contributed by atoms with Crippen LogP contribution < -0.4 is 16.2 Å². The van der Waals surface area contributed by atoms with Crippen LogP contribution in [0, 0.1) is 0 Å². The lowest BCUT2D eigenvalue weighted by Gasteiger charge is -2.15. The Morgan fingerprint density at radius 2 is 1.97 bits per heavy atom. The Morgan fingerprint density at radius 3 is 2.66 bits per heavy atom. The highest BCUT2D eigenvalue weighted by molar-refractivity contribution is 5.79. The van der Waals surface area contributed by atoms with E-state index in [1.165, 1.54) is 0 Å². The van der Waals surface area contributed by atoms with Gasteiger partial charge >= 0.3 is 5.97 Å². The van der Waals surface area contributed by atoms with Crippen molar-refractivity contribution >= 4 is 17.7 Å². The number of nitrogen functional groups attached to an aromatic ring is 2. The molecule has 150 valence electrons. The number of aliphatic carboxylic acids is 1. The highest BCUT2D eigenvalue weighted by Gasteiger charge is 2.16. The Balaban J connectivity index is 2.02. The predicted molar refractivity (Wildman–Crippen MR) is 110 cm³/mol. The fraction of sp³-hybridized carbons (Fsp3) is 0.190. The van der Waals surface area contributed by atoms with Gasteiger partial charge < -0.3 is 26.4 Å². The van der Waals surface area contributed by atoms with E-state index < -0.39 is 5.97 Å². The molecule has 3 aromatic rings. The molecule has 0 radical (unpaired) electrons. The molecule has 0 aliphatic rings. The number of anilines is 2. The van der Waals surface area contributed by atoms with Gasteiger partial charge in [-0.2, -0.15) is 4.98 Å². The summed E-state index contributed by atoms with van der Waals surface area (Å²) in [6.45, 7) is 2.25. The Labute approximate surface area is 167 Å². The van der Waals surface area contributed by atoms with Gasteiger partial charge in [0.1, 0.15) is 17.3 Å². The molecule has 2 aromatic carbocycles. The quantitative estimate of drug-likeness (QED) is 0.478. The number of ether oxygens (including phenoxy) is 1. The molecule has 6 N–H and O–H groups in total. The summed E-state index contributed by atoms with van der Waals surface area (Å²) in [7, 11) is 0. The third-order valence-electron chi connectivity index (χ3n) is 4.32. The maximum Gasteiger partial charge on any atom is 0.307 e. The Kier molecular flexibility index (Phi) is 5.82. The minimum atomic E-state index is -0.921. The van der Waals surface area contributed by atoms with Gasteiger partial charge in [0.25, 0.3) is 0 Å². The molecule has 1 heterocycles. The van der Waals surface area contributed by atoms with Gasteiger partial charge in [0.05, 0.1) is 18.6 Å². The van der Waals surface area contributed by atoms with Gasteiger partial charge in [0.15, 0.2) is 0 Å². The van der Waals surface area contributed by atoms with Crippen LogP contribution in [0.2, 0.25) is 0 Å². The summed E-state index contributed by atoms with van der Waals surface area (Å²) in [6.07, 6.45) is 1.84. The molecule has 0 atom stereocenters. The van der Waals surface area contributed by atoms with Gasteiger partial charge in [0, 0.05) is 18.2 Å². The van der Waals surface area contributed by atoms with Crippen molar-refractivity contribution in [3.8, 4) is 22.6 Å². The number of carbonyl (C=O) groups is 1. The van der Waals surface area contributed by atoms with Crippen molar-refractivity contribution in [2.75, 3.05) is 18.1 Å². The number of benzene rings is 2. The highest BCUT2D eigenvalue weighted by atomic mass is 16.5. The minimum Gasteiger partial charge on any atom is -0.507 e. The average molecular weight is 394 g/mol. The second-order valence-corrected chi connectivity index (χ2v) is 6.51. The van der Waals surface area contributed by atoms with Crippen molar-refractivity contribution in [2.24, 2.45) is 0 Å². The van der Waals surface area contributed by atoms with Gasteiger partial charge in [-0.15, -0.1) is 0 Å². The van der Waals surface area contributed by atoms with Crippen molar-refractivity contribution in [2.45, 2.75) is 19.8 Å². The molecule has 0 fully saturated rings. The predicted octanol–water partition coefficient (Wildman–Crippen LogP) is 2.63. The van der Waals surface area contributed by atoms with Gasteiger partial charge in [0.2, 0.25) is 5.95 Å². The molecule has 0 spiro atoms. The van der Waals surface area contributed by atoms with Crippen LogP contribution in [0.4, 0.5) is 11.8 Å². The number of phenolic OH excluding ortho intramolecular Hbond substituents is 1. The van der Waals surface area contributed by atoms with Crippen LogP contribution in [-0.2, 0) is 17.6 Å². The molecule has 0 amide bonds. The molecule has 0 unspecified atom stereocenters. The van der Waals surface area contributed by atoms with Crippen molar-refractivity contribution in [3.05, 3.63) is 59.3 Å². The van der Waals surface area contributed by atoms with Crippen molar-refractivity contribution < 1.29 is 19.7 Å². The van der Waals surface area contributed by atoms with Crippen LogP contribution in [0.3, 0.4) is 0 Å². The average Bonchev–Trinajstić information content (AvgIpc) is 2.64. The van der Waals surface area contributed by atoms with Crippen LogP contribution in [0.15, 0.2) is 42.6 Å². The Hall–Kier alpha value is -3.81. The minimum absolute atomic E-state index is 0.0216. The molecule has 0 saturated heterocycles. The van der Waals surface area contributed by atoms with Crippen molar-refractivity contribution in [1.82, 2.24) is 9.97 Å². The van der Waals surface area contributed by atoms with E-state index in [1.54, 1.807) is 36.5 Å². The number of carboxylic acids is 1. The zero-order chi connectivity index (χ0) is 21.0. The molecule has 3 rings (SSSR count). The largest absolute Gasteiger partial charge is 0.507 e. The zero-order valence-electron chi connectivity index (χ0n) is 15.9. The van der Waals surface area contributed by atoms with E-state index in [4.69, 9.17) is 21.3 Å². The van der Waals surface area contributed by atoms with E-state index in [0.29, 0.717) is 41.0 Å². The van der Waals surface area contributed by atoms with E-state index in [0.717, 1.165) is 5.56 Å². The highest BCUT2D eigenvalue weighted by Crippen LogP contribution is 2.40. The van der Waals surface area contributed by atoms with Gasteiger partial charge in [-0.25, -0.2) is 4.98 Å². The van der Waals surface area contributed by atoms with Crippen LogP contribution in [0.5, 0.6) is 11.5 Å². The SMILES string of the molecule is CCOc1cc(Cc2cnc(N)nc2N)cc(O)c1-c1cccc(CC(=O)O)c1. The van der Waals surface area contributed by atoms with E-state index in [-0.39, 0.29) is 23.9 Å². The number of rotatable bonds is 7. The Morgan fingerprint density at radius 1 is 1.17 bits per heavy atom. The number of phenols is 1. The van der Waals surface area contributed by atoms with Gasteiger partial charge in [-0.3, -0.25) is 4.79 Å². The summed E-state index contributed by atoms with van der Waals surface area (Å²) in [6, 6.07) is 10.5. The molecular formula is C21H22N4O4. The summed E-state index contributed by atoms with van der Waals surface area (Å²) in [5.74, 6) is -0.0329. The van der Waals surface area contributed by atoms with Gasteiger partial charge in [-0.05, 0) is 35.7 Å². The first-order valence-corrected chi connectivity index (χ1v) is 9.04. The standard InChI is InChI=1S/C21H22N4O4/c1-2-29-17-9-13(7-15-11-24-21(23)25-20(15)22)8-16(26)19(17)14-5-3-4-12(6-14)10-18(27)28/h3-6,8-9,11,26H,2,7,10H2,1H3,(H,27,28)(H4,22,23,24,25). The van der Waals surface area contributed by atoms with Crippen LogP contribution >= 0.6 is 0 Å². The molecule has 0 aliphatic carbocycles. The molecule has 29 heavy (non-hydrogen) atoms. The number of nitrogens with two attached hydrogens (primary N) is 2. The second kappa shape index (κ2) is 8.47. The first-order valence-electron chi connectivity index (χ1n) is 9.04. The first kappa shape index (κ1) is 19.9. The molecule has 0 aliphatic heterocycles. The third kappa shape index (κ3) is 4.73. The topological polar surface area (TPSA) is 145 Å². The molecule has 8 heteroatoms. The first-order chi connectivity index (χ1) is 13.9. The van der Waals surface area contributed by atoms with Gasteiger partial charge in [-0.1, -0.05) is 24.3 Å². The lowest BCUT2D eigenvalue weighted by molar-refractivity contribution is -0.136. The van der Waals surface area contributed by atoms with Crippen LogP contribution in [-0.4, -0.2) is 32.8 Å². The van der Waals surface area contributed by atoms with Crippen molar-refractivity contribution in [3.63, 3.8) is 0 Å². The van der Waals surface area contributed by atoms with Crippen LogP contribution in [0.1, 0.15) is 23.6 Å². The monoisotopic (exact) mass is 394 g/mol. The summed E-state index contributed by atoms with van der Waals surface area (Å²) in [4.78, 5) is 18.9. The maximum absolute atomic E-state index is 11.0. The summed E-state index contributed by atoms with van der Waals surface area (Å²) in [5.41, 5.74) is 14.7. The number of aromatic nitrogens is 2. The molecule has 0 bridgehead atoms. The number of nitrogens with zero attached hydrogens (tertiary/aromatic N) is 2. The molecule has 8 nitrogen and oxygen atoms in total. The van der Waals surface area contributed by atoms with E-state index >= 15 is 0 Å². The molecule has 1 aromatic heterocycles. The smallest absolute Gasteiger partial charge is 0.307 e. The molecule has 0 saturated carbocycles. The van der Waals surface area contributed by atoms with Crippen molar-refractivity contribution in [1.29, 1.82) is 0 Å². The number of hydrogen-bond donors (Lipinski definition) is 4. The van der Waals surface area contributed by atoms with Crippen LogP contribution in [0.25, 0.3) is 11.1 Å². The van der Waals surface area contributed by atoms with E-state index in [1.807, 2.05) is 13.0 Å². The maximum atomic E-state index is 11.0. The lowest BCUT2D eigenvalue weighted by atomic mass is 9.96. The van der Waals surface area contributed by atoms with E-state index in [9.17, 15) is 9.90 Å². The second-order valence-electron chi connectivity index (χ2n) is 6.51. The summed E-state index contributed by atoms with van der Waals surface area (Å²) in [5, 5.41) is 19.8. The zero-order valence-corrected chi connectivity index (χ0v) is 15.9. The van der Waals surface area contributed by atoms with E-state index in [2.05, 4.69) is 9.97 Å². The summed E-state index contributed by atoms with van der Waals surface area (Å²) < 4.78 is 5.76. The Bertz CT molecular complexity index is 1050. The third-order valence-corrected chi connectivity index (χ3v) is 4.32. The normalized spacial score (nSPS) is 10.7. The molecular weight excluding hydrogens is 372 g/mol. The fourth-order valence-electron chi connectivity index (χ4n) is 3.12. The lowest BCUT2D eigenvalue weighted by Crippen LogP contribution is -2.04. The number of hydrogen-bond acceptors (Lipinski definition) is 7. The summed E-state index contributed by atoms with van der Waals surface area (Å²) >= 11 is 0. The number of carboxylic acid groups (broad SMARTS) is 1.